The highest BCUT2D eigenvalue weighted by Crippen LogP contribution is 2.37. The van der Waals surface area contributed by atoms with E-state index in [1.54, 1.807) is 18.3 Å². The molecule has 1 amide bonds. The van der Waals surface area contributed by atoms with Crippen LogP contribution in [-0.4, -0.2) is 11.0 Å². The molecule has 0 aliphatic carbocycles. The number of aromatic hydroxyl groups is 1. The number of hydrogen-bond donors (Lipinski definition) is 1. The fraction of sp³-hybridized carbons (Fsp3) is 0.0625. The summed E-state index contributed by atoms with van der Waals surface area (Å²) in [6, 6.07) is 8.81. The Bertz CT molecular complexity index is 779. The van der Waals surface area contributed by atoms with Crippen molar-refractivity contribution < 1.29 is 14.6 Å². The van der Waals surface area contributed by atoms with Crippen LogP contribution in [0.1, 0.15) is 15.9 Å². The van der Waals surface area contributed by atoms with Gasteiger partial charge in [-0.25, -0.2) is 0 Å². The van der Waals surface area contributed by atoms with Crippen LogP contribution in [-0.2, 0) is 0 Å². The van der Waals surface area contributed by atoms with E-state index < -0.39 is 0 Å². The molecule has 0 saturated carbocycles. The number of fused-ring (bicyclic) bond motifs is 1. The number of rotatable bonds is 1. The van der Waals surface area contributed by atoms with Crippen molar-refractivity contribution in [2.24, 2.45) is 0 Å². The number of anilines is 1. The van der Waals surface area contributed by atoms with Gasteiger partial charge < -0.3 is 9.84 Å². The average molecular weight is 425 g/mol. The van der Waals surface area contributed by atoms with Crippen molar-refractivity contribution in [3.8, 4) is 11.5 Å². The lowest BCUT2D eigenvalue weighted by Gasteiger charge is -2.25. The van der Waals surface area contributed by atoms with E-state index in [1.165, 1.54) is 11.2 Å². The summed E-state index contributed by atoms with van der Waals surface area (Å²) >= 11 is 6.48. The smallest absolute Gasteiger partial charge is 0.262 e. The number of hydrogen-bond acceptors (Lipinski definition) is 3. The Hall–Kier alpha value is -1.79. The highest BCUT2D eigenvalue weighted by molar-refractivity contribution is 9.11. The molecule has 1 N–H and O–H groups in total. The van der Waals surface area contributed by atoms with E-state index in [0.29, 0.717) is 25.9 Å². The lowest BCUT2D eigenvalue weighted by molar-refractivity contribution is 0.0995. The van der Waals surface area contributed by atoms with Crippen LogP contribution in [0.5, 0.6) is 11.5 Å². The maximum Gasteiger partial charge on any atom is 0.262 e. The Kier molecular flexibility index (Phi) is 3.97. The molecule has 1 heterocycles. The fourth-order valence-corrected chi connectivity index (χ4v) is 3.35. The maximum atomic E-state index is 12.8. The molecule has 22 heavy (non-hydrogen) atoms. The molecule has 4 nitrogen and oxygen atoms in total. The second-order valence-corrected chi connectivity index (χ2v) is 6.55. The zero-order valence-corrected chi connectivity index (χ0v) is 14.7. The summed E-state index contributed by atoms with van der Waals surface area (Å²) in [5.41, 5.74) is 2.16. The molecule has 0 fully saturated rings. The van der Waals surface area contributed by atoms with Crippen molar-refractivity contribution >= 4 is 43.5 Å². The molecule has 0 aromatic heterocycles. The van der Waals surface area contributed by atoms with Gasteiger partial charge in [0.1, 0.15) is 12.0 Å². The van der Waals surface area contributed by atoms with Gasteiger partial charge in [0, 0.05) is 11.8 Å². The Balaban J connectivity index is 2.05. The average Bonchev–Trinajstić information content (AvgIpc) is 2.50. The van der Waals surface area contributed by atoms with Crippen LogP contribution in [0.2, 0.25) is 0 Å². The normalized spacial score (nSPS) is 12.8. The van der Waals surface area contributed by atoms with Gasteiger partial charge in [0.2, 0.25) is 0 Å². The number of carbonyl (C=O) groups excluding carboxylic acids is 1. The first-order valence-electron chi connectivity index (χ1n) is 6.43. The Morgan fingerprint density at radius 3 is 2.55 bits per heavy atom. The second-order valence-electron chi connectivity index (χ2n) is 4.84. The van der Waals surface area contributed by atoms with Gasteiger partial charge in [0.25, 0.3) is 5.91 Å². The van der Waals surface area contributed by atoms with Crippen molar-refractivity contribution in [3.05, 3.63) is 62.9 Å². The molecule has 0 radical (unpaired) electrons. The number of aryl methyl sites for hydroxylation is 1. The Morgan fingerprint density at radius 1 is 1.18 bits per heavy atom. The minimum atomic E-state index is -0.215. The van der Waals surface area contributed by atoms with Gasteiger partial charge in [0.15, 0.2) is 5.75 Å². The number of nitrogens with zero attached hydrogens (tertiary/aromatic N) is 1. The van der Waals surface area contributed by atoms with Gasteiger partial charge >= 0.3 is 0 Å². The second kappa shape index (κ2) is 5.78. The van der Waals surface area contributed by atoms with Gasteiger partial charge in [-0.3, -0.25) is 9.69 Å². The van der Waals surface area contributed by atoms with E-state index in [0.717, 1.165) is 5.56 Å². The summed E-state index contributed by atoms with van der Waals surface area (Å²) in [7, 11) is 0. The van der Waals surface area contributed by atoms with Crippen LogP contribution in [0.15, 0.2) is 51.7 Å². The molecule has 6 heteroatoms. The third kappa shape index (κ3) is 2.64. The topological polar surface area (TPSA) is 49.8 Å². The summed E-state index contributed by atoms with van der Waals surface area (Å²) in [5.74, 6) is 0.469. The van der Waals surface area contributed by atoms with Crippen molar-refractivity contribution in [3.63, 3.8) is 0 Å². The summed E-state index contributed by atoms with van der Waals surface area (Å²) in [6.07, 6.45) is 3.05. The zero-order chi connectivity index (χ0) is 15.9. The quantitative estimate of drug-likeness (QED) is 0.719. The molecule has 0 spiro atoms. The summed E-state index contributed by atoms with van der Waals surface area (Å²) in [4.78, 5) is 14.3. The molecule has 1 aliphatic rings. The van der Waals surface area contributed by atoms with Gasteiger partial charge in [-0.05, 0) is 68.6 Å². The maximum absolute atomic E-state index is 12.8. The molecule has 0 saturated heterocycles. The van der Waals surface area contributed by atoms with Gasteiger partial charge in [0.05, 0.1) is 14.6 Å². The molecular formula is C16H11Br2NO3. The lowest BCUT2D eigenvalue weighted by Crippen LogP contribution is -2.27. The summed E-state index contributed by atoms with van der Waals surface area (Å²) < 4.78 is 6.33. The van der Waals surface area contributed by atoms with Crippen molar-refractivity contribution in [1.82, 2.24) is 0 Å². The van der Waals surface area contributed by atoms with E-state index in [4.69, 9.17) is 4.74 Å². The van der Waals surface area contributed by atoms with Gasteiger partial charge in [-0.2, -0.15) is 0 Å². The Labute approximate surface area is 144 Å². The van der Waals surface area contributed by atoms with Crippen molar-refractivity contribution in [2.45, 2.75) is 6.92 Å². The van der Waals surface area contributed by atoms with Crippen LogP contribution in [0, 0.1) is 6.92 Å². The minimum Gasteiger partial charge on any atom is -0.506 e. The monoisotopic (exact) mass is 423 g/mol. The van der Waals surface area contributed by atoms with E-state index >= 15 is 0 Å². The van der Waals surface area contributed by atoms with Gasteiger partial charge in [-0.1, -0.05) is 6.07 Å². The Morgan fingerprint density at radius 2 is 1.86 bits per heavy atom. The third-order valence-electron chi connectivity index (χ3n) is 3.26. The van der Waals surface area contributed by atoms with Crippen LogP contribution in [0.3, 0.4) is 0 Å². The number of ether oxygens (including phenoxy) is 1. The van der Waals surface area contributed by atoms with Crippen LogP contribution in [0.25, 0.3) is 0 Å². The molecule has 0 atom stereocenters. The molecule has 0 bridgehead atoms. The highest BCUT2D eigenvalue weighted by Gasteiger charge is 2.23. The van der Waals surface area contributed by atoms with Crippen molar-refractivity contribution in [1.29, 1.82) is 0 Å². The van der Waals surface area contributed by atoms with Gasteiger partial charge in [-0.15, -0.1) is 0 Å². The molecule has 2 aromatic rings. The van der Waals surface area contributed by atoms with E-state index in [2.05, 4.69) is 31.9 Å². The predicted octanol–water partition coefficient (Wildman–Crippen LogP) is 4.74. The first kappa shape index (κ1) is 15.1. The minimum absolute atomic E-state index is 0.0605. The summed E-state index contributed by atoms with van der Waals surface area (Å²) in [6.45, 7) is 1.95. The zero-order valence-electron chi connectivity index (χ0n) is 11.5. The van der Waals surface area contributed by atoms with E-state index in [-0.39, 0.29) is 11.7 Å². The number of halogens is 2. The number of phenolic OH excluding ortho intramolecular Hbond substituents is 1. The number of phenols is 1. The fourth-order valence-electron chi connectivity index (χ4n) is 2.17. The standard InChI is InChI=1S/C16H11Br2NO3/c1-9-2-3-14-13(6-9)19(4-5-22-14)16(21)10-7-11(17)15(20)12(18)8-10/h2-8,20H,1H3. The first-order valence-corrected chi connectivity index (χ1v) is 8.01. The number of benzene rings is 2. The predicted molar refractivity (Wildman–Crippen MR) is 91.3 cm³/mol. The number of carbonyl (C=O) groups is 1. The molecular weight excluding hydrogens is 414 g/mol. The largest absolute Gasteiger partial charge is 0.506 e. The van der Waals surface area contributed by atoms with E-state index in [9.17, 15) is 9.90 Å². The highest BCUT2D eigenvalue weighted by atomic mass is 79.9. The van der Waals surface area contributed by atoms with Crippen molar-refractivity contribution in [2.75, 3.05) is 4.90 Å². The SMILES string of the molecule is Cc1ccc2c(c1)N(C(=O)c1cc(Br)c(O)c(Br)c1)C=CO2. The van der Waals surface area contributed by atoms with E-state index in [1.807, 2.05) is 25.1 Å². The molecule has 3 rings (SSSR count). The molecule has 1 aliphatic heterocycles. The van der Waals surface area contributed by atoms with Crippen LogP contribution in [0.4, 0.5) is 5.69 Å². The molecule has 112 valence electrons. The third-order valence-corrected chi connectivity index (χ3v) is 4.47. The first-order chi connectivity index (χ1) is 10.5. The molecule has 2 aromatic carbocycles. The van der Waals surface area contributed by atoms with Crippen LogP contribution < -0.4 is 9.64 Å². The number of amides is 1. The van der Waals surface area contributed by atoms with Crippen LogP contribution >= 0.6 is 31.9 Å². The molecule has 0 unspecified atom stereocenters. The summed E-state index contributed by atoms with van der Waals surface area (Å²) in [5, 5.41) is 9.76. The lowest BCUT2D eigenvalue weighted by atomic mass is 10.1.